The Morgan fingerprint density at radius 1 is 0.827 bits per heavy atom. The Hall–Kier alpha value is -5.82. The fraction of sp³-hybridized carbons (Fsp3) is 0.179. The molecule has 1 atom stereocenters. The summed E-state index contributed by atoms with van der Waals surface area (Å²) in [6, 6.07) is 25.9. The van der Waals surface area contributed by atoms with E-state index in [0.29, 0.717) is 39.8 Å². The number of sulfonamides is 1. The molecular formula is C39H32F3N3O6S. The number of nitrogens with one attached hydrogen (secondary N) is 2. The topological polar surface area (TPSA) is 114 Å². The molecule has 0 radical (unpaired) electrons. The van der Waals surface area contributed by atoms with E-state index in [1.807, 2.05) is 32.0 Å². The number of halogens is 3. The fourth-order valence-corrected chi connectivity index (χ4v) is 7.73. The smallest absolute Gasteiger partial charge is 0.417 e. The summed E-state index contributed by atoms with van der Waals surface area (Å²) in [5.74, 6) is -1.24. The van der Waals surface area contributed by atoms with Crippen molar-refractivity contribution < 1.29 is 40.7 Å². The number of esters is 1. The molecule has 7 rings (SSSR count). The van der Waals surface area contributed by atoms with E-state index in [2.05, 4.69) is 10.2 Å². The van der Waals surface area contributed by atoms with Gasteiger partial charge in [-0.05, 0) is 81.4 Å². The van der Waals surface area contributed by atoms with E-state index in [1.54, 1.807) is 54.1 Å². The van der Waals surface area contributed by atoms with Gasteiger partial charge in [0, 0.05) is 47.2 Å². The zero-order valence-corrected chi connectivity index (χ0v) is 29.0. The largest absolute Gasteiger partial charge is 0.456 e. The highest BCUT2D eigenvalue weighted by Crippen LogP contribution is 2.57. The minimum absolute atomic E-state index is 0.208. The van der Waals surface area contributed by atoms with Crippen LogP contribution in [0.15, 0.2) is 108 Å². The number of carbonyl (C=O) groups excluding carboxylic acids is 2. The van der Waals surface area contributed by atoms with E-state index in [9.17, 15) is 31.2 Å². The number of hydrogen-bond acceptors (Lipinski definition) is 8. The van der Waals surface area contributed by atoms with Crippen LogP contribution in [0.25, 0.3) is 0 Å². The van der Waals surface area contributed by atoms with E-state index in [0.717, 1.165) is 30.4 Å². The van der Waals surface area contributed by atoms with E-state index < -0.39 is 44.8 Å². The summed E-state index contributed by atoms with van der Waals surface area (Å²) >= 11 is 0. The van der Waals surface area contributed by atoms with Gasteiger partial charge in [-0.1, -0.05) is 42.0 Å². The molecule has 1 unspecified atom stereocenters. The van der Waals surface area contributed by atoms with Crippen molar-refractivity contribution in [3.8, 4) is 11.5 Å². The summed E-state index contributed by atoms with van der Waals surface area (Å²) in [5.41, 5.74) is -0.372. The van der Waals surface area contributed by atoms with Crippen LogP contribution < -0.4 is 19.7 Å². The quantitative estimate of drug-likeness (QED) is 0.154. The number of fused-ring (bicyclic) bond motifs is 6. The first-order valence-electron chi connectivity index (χ1n) is 16.4. The molecule has 2 N–H and O–H groups in total. The van der Waals surface area contributed by atoms with Crippen LogP contribution in [0, 0.1) is 6.92 Å². The summed E-state index contributed by atoms with van der Waals surface area (Å²) in [5, 5.41) is 2.90. The monoisotopic (exact) mass is 727 g/mol. The number of amides is 1. The second-order valence-corrected chi connectivity index (χ2v) is 14.1. The average Bonchev–Trinajstić information content (AvgIpc) is 3.41. The van der Waals surface area contributed by atoms with Crippen molar-refractivity contribution in [1.29, 1.82) is 0 Å². The molecule has 5 aromatic carbocycles. The third-order valence-corrected chi connectivity index (χ3v) is 10.6. The van der Waals surface area contributed by atoms with Crippen molar-refractivity contribution in [3.63, 3.8) is 0 Å². The second-order valence-electron chi connectivity index (χ2n) is 12.4. The number of anilines is 3. The number of nitrogens with zero attached hydrogens (tertiary/aromatic N) is 1. The standard InChI is InChI=1S/C39H32F3N3O6S/c1-4-45(5-2)25-16-19-29-34(22-25)50-33-20-15-24(21-31(33)38(29)28-10-7-6-9-27(28)37(47)51-38)43-32-12-8-11-30(39(40,41)42)35(32)36(46)44-52(48,49)26-17-13-23(3)14-18-26/h6-22,43H,4-5H2,1-3H3,(H,44,46). The molecule has 0 saturated heterocycles. The molecule has 52 heavy (non-hydrogen) atoms. The van der Waals surface area contributed by atoms with E-state index in [1.165, 1.54) is 30.3 Å². The maximum absolute atomic E-state index is 14.4. The third-order valence-electron chi connectivity index (χ3n) is 9.26. The lowest BCUT2D eigenvalue weighted by atomic mass is 9.77. The van der Waals surface area contributed by atoms with Crippen molar-refractivity contribution in [1.82, 2.24) is 4.72 Å². The van der Waals surface area contributed by atoms with Gasteiger partial charge in [0.15, 0.2) is 5.60 Å². The van der Waals surface area contributed by atoms with E-state index >= 15 is 0 Å². The third kappa shape index (κ3) is 5.80. The SMILES string of the molecule is CCN(CC)c1ccc2c(c1)Oc1ccc(Nc3cccc(C(F)(F)F)c3C(=O)NS(=O)(=O)c3ccc(C)cc3)cc1C21OC(=O)c2ccccc21. The van der Waals surface area contributed by atoms with Crippen LogP contribution in [0.3, 0.4) is 0 Å². The van der Waals surface area contributed by atoms with Gasteiger partial charge in [-0.2, -0.15) is 13.2 Å². The molecule has 0 aliphatic carbocycles. The lowest BCUT2D eigenvalue weighted by molar-refractivity contribution is -0.137. The molecule has 13 heteroatoms. The first-order valence-corrected chi connectivity index (χ1v) is 17.9. The van der Waals surface area contributed by atoms with E-state index in [4.69, 9.17) is 9.47 Å². The Kier molecular flexibility index (Phi) is 8.49. The predicted molar refractivity (Wildman–Crippen MR) is 189 cm³/mol. The zero-order valence-electron chi connectivity index (χ0n) is 28.2. The summed E-state index contributed by atoms with van der Waals surface area (Å²) < 4.78 is 83.8. The molecule has 2 heterocycles. The van der Waals surface area contributed by atoms with Crippen molar-refractivity contribution in [3.05, 3.63) is 142 Å². The van der Waals surface area contributed by atoms with Crippen LogP contribution in [0.2, 0.25) is 0 Å². The number of benzene rings is 5. The van der Waals surface area contributed by atoms with Crippen LogP contribution in [0.4, 0.5) is 30.2 Å². The molecule has 266 valence electrons. The van der Waals surface area contributed by atoms with Crippen LogP contribution in [0.5, 0.6) is 11.5 Å². The number of ether oxygens (including phenoxy) is 2. The highest BCUT2D eigenvalue weighted by molar-refractivity contribution is 7.90. The molecule has 9 nitrogen and oxygen atoms in total. The summed E-state index contributed by atoms with van der Waals surface area (Å²) in [4.78, 5) is 28.8. The highest BCUT2D eigenvalue weighted by Gasteiger charge is 2.53. The van der Waals surface area contributed by atoms with Crippen LogP contribution in [-0.2, 0) is 26.5 Å². The summed E-state index contributed by atoms with van der Waals surface area (Å²) in [6.07, 6.45) is -5.01. The first kappa shape index (κ1) is 34.6. The highest BCUT2D eigenvalue weighted by atomic mass is 32.2. The lowest BCUT2D eigenvalue weighted by Gasteiger charge is -2.37. The van der Waals surface area contributed by atoms with Gasteiger partial charge >= 0.3 is 12.1 Å². The van der Waals surface area contributed by atoms with Gasteiger partial charge < -0.3 is 19.7 Å². The van der Waals surface area contributed by atoms with Crippen LogP contribution >= 0.6 is 0 Å². The molecule has 0 aromatic heterocycles. The predicted octanol–water partition coefficient (Wildman–Crippen LogP) is 8.29. The molecule has 1 amide bonds. The van der Waals surface area contributed by atoms with Gasteiger partial charge in [0.05, 0.1) is 27.3 Å². The van der Waals surface area contributed by atoms with Gasteiger partial charge in [-0.25, -0.2) is 17.9 Å². The molecule has 0 saturated carbocycles. The molecule has 0 fully saturated rings. The molecule has 0 bridgehead atoms. The molecule has 2 aliphatic rings. The summed E-state index contributed by atoms with van der Waals surface area (Å²) in [6.45, 7) is 7.30. The fourth-order valence-electron chi connectivity index (χ4n) is 6.77. The minimum Gasteiger partial charge on any atom is -0.456 e. The van der Waals surface area contributed by atoms with Crippen LogP contribution in [0.1, 0.15) is 62.4 Å². The Morgan fingerprint density at radius 2 is 1.56 bits per heavy atom. The number of aryl methyl sites for hydroxylation is 1. The zero-order chi connectivity index (χ0) is 37.0. The number of carbonyl (C=O) groups is 2. The van der Waals surface area contributed by atoms with Gasteiger partial charge in [-0.3, -0.25) is 4.79 Å². The van der Waals surface area contributed by atoms with Crippen molar-refractivity contribution >= 4 is 39.0 Å². The molecular weight excluding hydrogens is 696 g/mol. The minimum atomic E-state index is -5.01. The van der Waals surface area contributed by atoms with Crippen molar-refractivity contribution in [2.75, 3.05) is 23.3 Å². The van der Waals surface area contributed by atoms with Crippen LogP contribution in [-0.4, -0.2) is 33.4 Å². The van der Waals surface area contributed by atoms with Gasteiger partial charge in [0.25, 0.3) is 15.9 Å². The maximum Gasteiger partial charge on any atom is 0.417 e. The second kappa shape index (κ2) is 12.7. The number of alkyl halides is 3. The Morgan fingerprint density at radius 3 is 2.27 bits per heavy atom. The van der Waals surface area contributed by atoms with Crippen molar-refractivity contribution in [2.24, 2.45) is 0 Å². The number of rotatable bonds is 8. The maximum atomic E-state index is 14.4. The summed E-state index contributed by atoms with van der Waals surface area (Å²) in [7, 11) is -4.54. The first-order chi connectivity index (χ1) is 24.8. The van der Waals surface area contributed by atoms with E-state index in [-0.39, 0.29) is 16.3 Å². The molecule has 5 aromatic rings. The van der Waals surface area contributed by atoms with Gasteiger partial charge in [0.2, 0.25) is 0 Å². The molecule has 2 aliphatic heterocycles. The number of hydrogen-bond donors (Lipinski definition) is 2. The average molecular weight is 728 g/mol. The van der Waals surface area contributed by atoms with Gasteiger partial charge in [0.1, 0.15) is 11.5 Å². The Bertz CT molecular complexity index is 2360. The Labute approximate surface area is 298 Å². The van der Waals surface area contributed by atoms with Crippen molar-refractivity contribution in [2.45, 2.75) is 37.4 Å². The molecule has 1 spiro atoms. The lowest BCUT2D eigenvalue weighted by Crippen LogP contribution is -2.33. The Balaban J connectivity index is 1.34. The normalized spacial score (nSPS) is 15.9. The van der Waals surface area contributed by atoms with Gasteiger partial charge in [-0.15, -0.1) is 0 Å².